The van der Waals surface area contributed by atoms with Crippen LogP contribution < -0.4 is 0 Å². The number of rotatable bonds is 5. The minimum Gasteiger partial charge on any atom is -0.341 e. The van der Waals surface area contributed by atoms with Crippen LogP contribution in [0.3, 0.4) is 0 Å². The summed E-state index contributed by atoms with van der Waals surface area (Å²) in [4.78, 5) is 14.2. The molecule has 0 radical (unpaired) electrons. The Bertz CT molecular complexity index is 995. The van der Waals surface area contributed by atoms with Gasteiger partial charge >= 0.3 is 0 Å². The van der Waals surface area contributed by atoms with Gasteiger partial charge in [0.2, 0.25) is 5.91 Å². The highest BCUT2D eigenvalue weighted by Crippen LogP contribution is 2.23. The molecule has 1 aromatic heterocycles. The second-order valence-corrected chi connectivity index (χ2v) is 7.51. The van der Waals surface area contributed by atoms with E-state index < -0.39 is 5.82 Å². The third-order valence-electron chi connectivity index (χ3n) is 4.72. The van der Waals surface area contributed by atoms with E-state index in [2.05, 4.69) is 5.10 Å². The summed E-state index contributed by atoms with van der Waals surface area (Å²) in [5.41, 5.74) is 3.69. The van der Waals surface area contributed by atoms with Gasteiger partial charge in [-0.2, -0.15) is 5.10 Å². The van der Waals surface area contributed by atoms with Crippen LogP contribution in [0.2, 0.25) is 10.0 Å². The average Bonchev–Trinajstić information content (AvgIpc) is 2.93. The molecule has 0 aliphatic carbocycles. The summed E-state index contributed by atoms with van der Waals surface area (Å²) in [6.07, 6.45) is 0.174. The Balaban J connectivity index is 1.79. The fourth-order valence-corrected chi connectivity index (χ4v) is 3.41. The van der Waals surface area contributed by atoms with Crippen molar-refractivity contribution in [3.05, 3.63) is 80.8 Å². The fourth-order valence-electron chi connectivity index (χ4n) is 3.06. The predicted molar refractivity (Wildman–Crippen MR) is 110 cm³/mol. The second-order valence-electron chi connectivity index (χ2n) is 6.66. The van der Waals surface area contributed by atoms with Gasteiger partial charge in [-0.3, -0.25) is 4.79 Å². The lowest BCUT2D eigenvalue weighted by Gasteiger charge is -2.18. The number of aromatic nitrogens is 2. The van der Waals surface area contributed by atoms with Gasteiger partial charge in [0.1, 0.15) is 5.82 Å². The number of hydrogen-bond acceptors (Lipinski definition) is 2. The molecule has 2 aromatic carbocycles. The molecule has 0 aliphatic heterocycles. The van der Waals surface area contributed by atoms with Gasteiger partial charge in [-0.25, -0.2) is 9.07 Å². The van der Waals surface area contributed by atoms with Crippen LogP contribution in [0.25, 0.3) is 5.69 Å². The molecular formula is C21H20Cl2FN3O. The molecule has 3 aromatic rings. The van der Waals surface area contributed by atoms with Crippen molar-refractivity contribution in [3.8, 4) is 5.69 Å². The number of amides is 1. The lowest BCUT2D eigenvalue weighted by Crippen LogP contribution is -2.28. The first-order valence-electron chi connectivity index (χ1n) is 8.75. The van der Waals surface area contributed by atoms with E-state index in [1.807, 2.05) is 26.0 Å². The van der Waals surface area contributed by atoms with E-state index in [0.29, 0.717) is 15.6 Å². The maximum atomic E-state index is 14.0. The molecule has 1 heterocycles. The molecule has 146 valence electrons. The molecule has 0 unspecified atom stereocenters. The van der Waals surface area contributed by atoms with E-state index in [0.717, 1.165) is 22.6 Å². The van der Waals surface area contributed by atoms with E-state index in [4.69, 9.17) is 23.2 Å². The van der Waals surface area contributed by atoms with Gasteiger partial charge in [-0.15, -0.1) is 0 Å². The van der Waals surface area contributed by atoms with Gasteiger partial charge in [-0.05, 0) is 50.2 Å². The van der Waals surface area contributed by atoms with Crippen LogP contribution in [0.1, 0.15) is 22.5 Å². The van der Waals surface area contributed by atoms with E-state index in [-0.39, 0.29) is 18.9 Å². The van der Waals surface area contributed by atoms with Crippen LogP contribution in [-0.2, 0) is 17.8 Å². The van der Waals surface area contributed by atoms with Crippen molar-refractivity contribution in [1.29, 1.82) is 0 Å². The number of carbonyl (C=O) groups excluding carboxylic acids is 1. The molecule has 0 saturated heterocycles. The normalized spacial score (nSPS) is 10.9. The minimum atomic E-state index is -0.421. The first-order chi connectivity index (χ1) is 13.3. The van der Waals surface area contributed by atoms with Crippen molar-refractivity contribution < 1.29 is 9.18 Å². The van der Waals surface area contributed by atoms with Crippen LogP contribution in [0, 0.1) is 19.7 Å². The van der Waals surface area contributed by atoms with Gasteiger partial charge in [0, 0.05) is 40.5 Å². The second kappa shape index (κ2) is 8.33. The number of halogens is 3. The van der Waals surface area contributed by atoms with Gasteiger partial charge in [0.05, 0.1) is 17.8 Å². The van der Waals surface area contributed by atoms with E-state index in [1.165, 1.54) is 11.0 Å². The first kappa shape index (κ1) is 20.4. The predicted octanol–water partition coefficient (Wildman–Crippen LogP) is 5.14. The zero-order valence-electron chi connectivity index (χ0n) is 15.8. The first-order valence-corrected chi connectivity index (χ1v) is 9.51. The van der Waals surface area contributed by atoms with Gasteiger partial charge in [0.25, 0.3) is 0 Å². The summed E-state index contributed by atoms with van der Waals surface area (Å²) in [6, 6.07) is 11.8. The van der Waals surface area contributed by atoms with Gasteiger partial charge in [0.15, 0.2) is 0 Å². The Labute approximate surface area is 173 Å². The quantitative estimate of drug-likeness (QED) is 0.574. The number of nitrogens with zero attached hydrogens (tertiary/aromatic N) is 3. The van der Waals surface area contributed by atoms with Crippen LogP contribution >= 0.6 is 23.2 Å². The van der Waals surface area contributed by atoms with Crippen LogP contribution in [0.4, 0.5) is 4.39 Å². The van der Waals surface area contributed by atoms with E-state index in [9.17, 15) is 9.18 Å². The molecule has 4 nitrogen and oxygen atoms in total. The van der Waals surface area contributed by atoms with Crippen LogP contribution in [0.5, 0.6) is 0 Å². The van der Waals surface area contributed by atoms with Crippen molar-refractivity contribution in [2.75, 3.05) is 7.05 Å². The number of aryl methyl sites for hydroxylation is 1. The minimum absolute atomic E-state index is 0.105. The Morgan fingerprint density at radius 1 is 1.11 bits per heavy atom. The molecule has 1 amide bonds. The molecule has 0 saturated carbocycles. The molecule has 0 bridgehead atoms. The Morgan fingerprint density at radius 2 is 1.79 bits per heavy atom. The summed E-state index contributed by atoms with van der Waals surface area (Å²) in [5.74, 6) is -0.559. The third-order valence-corrected chi connectivity index (χ3v) is 5.33. The SMILES string of the molecule is Cc1nn(-c2ccc(Cl)cc2)c(C)c1CC(=O)N(C)Cc1c(F)cccc1Cl. The summed E-state index contributed by atoms with van der Waals surface area (Å²) in [6.45, 7) is 3.90. The third kappa shape index (κ3) is 4.21. The van der Waals surface area contributed by atoms with Crippen LogP contribution in [0.15, 0.2) is 42.5 Å². The topological polar surface area (TPSA) is 38.1 Å². The summed E-state index contributed by atoms with van der Waals surface area (Å²) in [7, 11) is 1.64. The highest BCUT2D eigenvalue weighted by Gasteiger charge is 2.19. The number of benzene rings is 2. The van der Waals surface area contributed by atoms with Gasteiger partial charge in [-0.1, -0.05) is 29.3 Å². The maximum Gasteiger partial charge on any atom is 0.227 e. The lowest BCUT2D eigenvalue weighted by molar-refractivity contribution is -0.129. The monoisotopic (exact) mass is 419 g/mol. The number of hydrogen-bond donors (Lipinski definition) is 0. The molecular weight excluding hydrogens is 400 g/mol. The Morgan fingerprint density at radius 3 is 2.43 bits per heavy atom. The fraction of sp³-hybridized carbons (Fsp3) is 0.238. The summed E-state index contributed by atoms with van der Waals surface area (Å²) in [5, 5.41) is 5.51. The highest BCUT2D eigenvalue weighted by atomic mass is 35.5. The van der Waals surface area contributed by atoms with Crippen molar-refractivity contribution >= 4 is 29.1 Å². The molecule has 0 spiro atoms. The zero-order chi connectivity index (χ0) is 20.4. The van der Waals surface area contributed by atoms with Crippen molar-refractivity contribution in [3.63, 3.8) is 0 Å². The Hall–Kier alpha value is -2.37. The van der Waals surface area contributed by atoms with E-state index >= 15 is 0 Å². The summed E-state index contributed by atoms with van der Waals surface area (Å²) < 4.78 is 15.8. The Kier molecular flexibility index (Phi) is 6.06. The molecule has 0 N–H and O–H groups in total. The standard InChI is InChI=1S/C21H20Cl2FN3O/c1-13-17(14(2)27(25-13)16-9-7-15(22)8-10-16)11-21(28)26(3)12-18-19(23)5-4-6-20(18)24/h4-10H,11-12H2,1-3H3. The van der Waals surface area contributed by atoms with Crippen LogP contribution in [-0.4, -0.2) is 27.6 Å². The van der Waals surface area contributed by atoms with Gasteiger partial charge < -0.3 is 4.90 Å². The van der Waals surface area contributed by atoms with Crippen molar-refractivity contribution in [2.24, 2.45) is 0 Å². The number of likely N-dealkylation sites (N-methyl/N-ethyl adjacent to an activating group) is 1. The largest absolute Gasteiger partial charge is 0.341 e. The molecule has 0 aliphatic rings. The molecule has 28 heavy (non-hydrogen) atoms. The lowest BCUT2D eigenvalue weighted by atomic mass is 10.1. The zero-order valence-corrected chi connectivity index (χ0v) is 17.4. The number of carbonyl (C=O) groups is 1. The van der Waals surface area contributed by atoms with E-state index in [1.54, 1.807) is 36.0 Å². The highest BCUT2D eigenvalue weighted by molar-refractivity contribution is 6.31. The maximum absolute atomic E-state index is 14.0. The molecule has 7 heteroatoms. The summed E-state index contributed by atoms with van der Waals surface area (Å²) >= 11 is 12.0. The van der Waals surface area contributed by atoms with Crippen molar-refractivity contribution in [1.82, 2.24) is 14.7 Å². The molecule has 3 rings (SSSR count). The smallest absolute Gasteiger partial charge is 0.227 e. The van der Waals surface area contributed by atoms with Crippen molar-refractivity contribution in [2.45, 2.75) is 26.8 Å². The molecule has 0 fully saturated rings. The molecule has 0 atom stereocenters. The average molecular weight is 420 g/mol.